The minimum atomic E-state index is -0.251. The standard InChI is InChI=1S/C12H16FNO/c1-8-5-10(9-3-4-14-7-9)12(15-2)11(13)6-8/h5-6,9,14H,3-4,7H2,1-2H3. The maximum Gasteiger partial charge on any atom is 0.165 e. The summed E-state index contributed by atoms with van der Waals surface area (Å²) in [5, 5.41) is 3.28. The second kappa shape index (κ2) is 4.19. The van der Waals surface area contributed by atoms with E-state index in [0.717, 1.165) is 30.6 Å². The number of nitrogens with one attached hydrogen (secondary N) is 1. The van der Waals surface area contributed by atoms with E-state index < -0.39 is 0 Å². The van der Waals surface area contributed by atoms with Gasteiger partial charge < -0.3 is 10.1 Å². The van der Waals surface area contributed by atoms with Crippen LogP contribution >= 0.6 is 0 Å². The van der Waals surface area contributed by atoms with E-state index in [-0.39, 0.29) is 5.82 Å². The minimum absolute atomic E-state index is 0.251. The van der Waals surface area contributed by atoms with Gasteiger partial charge in [0.15, 0.2) is 11.6 Å². The zero-order valence-electron chi connectivity index (χ0n) is 9.14. The van der Waals surface area contributed by atoms with Crippen molar-refractivity contribution >= 4 is 0 Å². The molecule has 1 aliphatic heterocycles. The molecule has 0 saturated carbocycles. The summed E-state index contributed by atoms with van der Waals surface area (Å²) in [6, 6.07) is 3.55. The molecule has 1 aliphatic rings. The quantitative estimate of drug-likeness (QED) is 0.806. The number of rotatable bonds is 2. The van der Waals surface area contributed by atoms with Gasteiger partial charge in [-0.05, 0) is 31.5 Å². The van der Waals surface area contributed by atoms with Crippen LogP contribution in [0.4, 0.5) is 4.39 Å². The number of benzene rings is 1. The Labute approximate surface area is 89.4 Å². The van der Waals surface area contributed by atoms with Crippen molar-refractivity contribution in [3.63, 3.8) is 0 Å². The molecule has 1 heterocycles. The maximum absolute atomic E-state index is 13.6. The molecule has 15 heavy (non-hydrogen) atoms. The molecular formula is C12H16FNO. The summed E-state index contributed by atoms with van der Waals surface area (Å²) >= 11 is 0. The molecule has 0 aliphatic carbocycles. The van der Waals surface area contributed by atoms with Gasteiger partial charge in [0, 0.05) is 18.0 Å². The molecule has 1 unspecified atom stereocenters. The molecule has 1 aromatic carbocycles. The zero-order chi connectivity index (χ0) is 10.8. The third-order valence-electron chi connectivity index (χ3n) is 2.92. The van der Waals surface area contributed by atoms with Gasteiger partial charge >= 0.3 is 0 Å². The Balaban J connectivity index is 2.42. The average molecular weight is 209 g/mol. The first-order valence-electron chi connectivity index (χ1n) is 5.27. The highest BCUT2D eigenvalue weighted by Gasteiger charge is 2.22. The Morgan fingerprint density at radius 2 is 2.27 bits per heavy atom. The number of aryl methyl sites for hydroxylation is 1. The van der Waals surface area contributed by atoms with Crippen molar-refractivity contribution in [2.24, 2.45) is 0 Å². The summed E-state index contributed by atoms with van der Waals surface area (Å²) in [4.78, 5) is 0. The van der Waals surface area contributed by atoms with Crippen molar-refractivity contribution < 1.29 is 9.13 Å². The molecule has 1 N–H and O–H groups in total. The molecular weight excluding hydrogens is 193 g/mol. The average Bonchev–Trinajstić information content (AvgIpc) is 2.69. The Kier molecular flexibility index (Phi) is 2.91. The molecule has 2 rings (SSSR count). The maximum atomic E-state index is 13.6. The van der Waals surface area contributed by atoms with Gasteiger partial charge in [0.2, 0.25) is 0 Å². The molecule has 1 atom stereocenters. The van der Waals surface area contributed by atoms with Crippen molar-refractivity contribution in [1.29, 1.82) is 0 Å². The fourth-order valence-electron chi connectivity index (χ4n) is 2.19. The highest BCUT2D eigenvalue weighted by molar-refractivity contribution is 5.41. The zero-order valence-corrected chi connectivity index (χ0v) is 9.14. The topological polar surface area (TPSA) is 21.3 Å². The molecule has 2 nitrogen and oxygen atoms in total. The molecule has 0 bridgehead atoms. The van der Waals surface area contributed by atoms with Crippen LogP contribution in [-0.2, 0) is 0 Å². The van der Waals surface area contributed by atoms with Crippen molar-refractivity contribution in [3.05, 3.63) is 29.1 Å². The molecule has 1 aromatic rings. The SMILES string of the molecule is COc1c(F)cc(C)cc1C1CCNC1. The van der Waals surface area contributed by atoms with Gasteiger partial charge in [-0.25, -0.2) is 4.39 Å². The van der Waals surface area contributed by atoms with E-state index in [1.165, 1.54) is 13.2 Å². The molecule has 0 radical (unpaired) electrons. The predicted molar refractivity (Wildman–Crippen MR) is 57.9 cm³/mol. The number of ether oxygens (including phenoxy) is 1. The van der Waals surface area contributed by atoms with E-state index in [1.807, 2.05) is 13.0 Å². The van der Waals surface area contributed by atoms with Crippen LogP contribution in [0.3, 0.4) is 0 Å². The lowest BCUT2D eigenvalue weighted by Gasteiger charge is -2.15. The van der Waals surface area contributed by atoms with Gasteiger partial charge in [0.05, 0.1) is 7.11 Å². The smallest absolute Gasteiger partial charge is 0.165 e. The predicted octanol–water partition coefficient (Wildman–Crippen LogP) is 2.22. The van der Waals surface area contributed by atoms with Crippen LogP contribution in [0, 0.1) is 12.7 Å². The lowest BCUT2D eigenvalue weighted by atomic mass is 9.95. The Bertz CT molecular complexity index is 359. The molecule has 0 aromatic heterocycles. The summed E-state index contributed by atoms with van der Waals surface area (Å²) < 4.78 is 18.8. The number of hydrogen-bond acceptors (Lipinski definition) is 2. The largest absolute Gasteiger partial charge is 0.493 e. The molecule has 3 heteroatoms. The fraction of sp³-hybridized carbons (Fsp3) is 0.500. The third-order valence-corrected chi connectivity index (χ3v) is 2.92. The Morgan fingerprint density at radius 1 is 1.47 bits per heavy atom. The first-order chi connectivity index (χ1) is 7.22. The minimum Gasteiger partial charge on any atom is -0.493 e. The first kappa shape index (κ1) is 10.4. The van der Waals surface area contributed by atoms with Gasteiger partial charge in [0.1, 0.15) is 0 Å². The molecule has 82 valence electrons. The van der Waals surface area contributed by atoms with E-state index in [0.29, 0.717) is 11.7 Å². The third kappa shape index (κ3) is 1.97. The Morgan fingerprint density at radius 3 is 2.87 bits per heavy atom. The Hall–Kier alpha value is -1.09. The summed E-state index contributed by atoms with van der Waals surface area (Å²) in [7, 11) is 1.53. The van der Waals surface area contributed by atoms with E-state index in [1.54, 1.807) is 0 Å². The van der Waals surface area contributed by atoms with Crippen LogP contribution in [0.5, 0.6) is 5.75 Å². The van der Waals surface area contributed by atoms with Gasteiger partial charge in [-0.1, -0.05) is 6.07 Å². The highest BCUT2D eigenvalue weighted by atomic mass is 19.1. The van der Waals surface area contributed by atoms with Crippen LogP contribution in [-0.4, -0.2) is 20.2 Å². The summed E-state index contributed by atoms with van der Waals surface area (Å²) in [6.07, 6.45) is 1.05. The summed E-state index contributed by atoms with van der Waals surface area (Å²) in [6.45, 7) is 3.83. The lowest BCUT2D eigenvalue weighted by molar-refractivity contribution is 0.378. The van der Waals surface area contributed by atoms with Gasteiger partial charge in [-0.2, -0.15) is 0 Å². The van der Waals surface area contributed by atoms with Crippen LogP contribution in [0.25, 0.3) is 0 Å². The summed E-state index contributed by atoms with van der Waals surface area (Å²) in [5.41, 5.74) is 1.95. The highest BCUT2D eigenvalue weighted by Crippen LogP contribution is 2.33. The summed E-state index contributed by atoms with van der Waals surface area (Å²) in [5.74, 6) is 0.544. The van der Waals surface area contributed by atoms with Crippen molar-refractivity contribution in [3.8, 4) is 5.75 Å². The number of hydrogen-bond donors (Lipinski definition) is 1. The normalized spacial score (nSPS) is 20.6. The fourth-order valence-corrected chi connectivity index (χ4v) is 2.19. The van der Waals surface area contributed by atoms with E-state index >= 15 is 0 Å². The van der Waals surface area contributed by atoms with Crippen LogP contribution in [0.1, 0.15) is 23.5 Å². The van der Waals surface area contributed by atoms with Gasteiger partial charge in [-0.15, -0.1) is 0 Å². The number of halogens is 1. The number of methoxy groups -OCH3 is 1. The van der Waals surface area contributed by atoms with Crippen LogP contribution in [0.15, 0.2) is 12.1 Å². The second-order valence-electron chi connectivity index (χ2n) is 4.06. The lowest BCUT2D eigenvalue weighted by Crippen LogP contribution is -2.09. The van der Waals surface area contributed by atoms with Crippen molar-refractivity contribution in [2.75, 3.05) is 20.2 Å². The molecule has 0 spiro atoms. The molecule has 0 amide bonds. The van der Waals surface area contributed by atoms with Crippen molar-refractivity contribution in [2.45, 2.75) is 19.3 Å². The van der Waals surface area contributed by atoms with E-state index in [4.69, 9.17) is 4.74 Å². The first-order valence-corrected chi connectivity index (χ1v) is 5.27. The molecule has 1 fully saturated rings. The van der Waals surface area contributed by atoms with Crippen LogP contribution in [0.2, 0.25) is 0 Å². The molecule has 1 saturated heterocycles. The van der Waals surface area contributed by atoms with Gasteiger partial charge in [0.25, 0.3) is 0 Å². The van der Waals surface area contributed by atoms with Crippen LogP contribution < -0.4 is 10.1 Å². The van der Waals surface area contributed by atoms with Crippen molar-refractivity contribution in [1.82, 2.24) is 5.32 Å². The van der Waals surface area contributed by atoms with Gasteiger partial charge in [-0.3, -0.25) is 0 Å². The van der Waals surface area contributed by atoms with E-state index in [9.17, 15) is 4.39 Å². The monoisotopic (exact) mass is 209 g/mol. The van der Waals surface area contributed by atoms with E-state index in [2.05, 4.69) is 5.32 Å². The second-order valence-corrected chi connectivity index (χ2v) is 4.06.